The minimum atomic E-state index is -1.41. The van der Waals surface area contributed by atoms with E-state index in [1.54, 1.807) is 6.26 Å². The lowest BCUT2D eigenvalue weighted by Gasteiger charge is -2.44. The number of amides is 1. The molecule has 1 aromatic heterocycles. The molecule has 5 heterocycles. The summed E-state index contributed by atoms with van der Waals surface area (Å²) in [5.41, 5.74) is -0.752. The summed E-state index contributed by atoms with van der Waals surface area (Å²) in [5.74, 6) is 1.24. The van der Waals surface area contributed by atoms with Gasteiger partial charge in [0.2, 0.25) is 11.0 Å². The first-order valence-electron chi connectivity index (χ1n) is 15.5. The third kappa shape index (κ3) is 7.98. The number of nitrogens with zero attached hydrogens (tertiary/aromatic N) is 3. The zero-order chi connectivity index (χ0) is 30.7. The van der Waals surface area contributed by atoms with Crippen LogP contribution in [0.3, 0.4) is 0 Å². The minimum Gasteiger partial charge on any atom is -0.388 e. The van der Waals surface area contributed by atoms with Gasteiger partial charge in [-0.3, -0.25) is 4.79 Å². The number of hydrogen-bond acceptors (Lipinski definition) is 14. The van der Waals surface area contributed by atoms with Gasteiger partial charge in [0.15, 0.2) is 4.34 Å². The molecule has 0 aromatic carbocycles. The monoisotopic (exact) mass is 660 g/mol. The Morgan fingerprint density at radius 2 is 1.93 bits per heavy atom. The van der Waals surface area contributed by atoms with Crippen molar-refractivity contribution in [3.8, 4) is 0 Å². The second-order valence-corrected chi connectivity index (χ2v) is 16.1. The van der Waals surface area contributed by atoms with Crippen LogP contribution in [0.5, 0.6) is 0 Å². The molecule has 4 fully saturated rings. The summed E-state index contributed by atoms with van der Waals surface area (Å²) < 4.78 is 13.2. The Labute approximate surface area is 266 Å². The van der Waals surface area contributed by atoms with Crippen LogP contribution in [0.25, 0.3) is 0 Å². The van der Waals surface area contributed by atoms with E-state index in [0.29, 0.717) is 25.0 Å². The number of aromatic nitrogens is 2. The maximum atomic E-state index is 13.9. The molecule has 0 aliphatic carbocycles. The minimum absolute atomic E-state index is 0.219. The van der Waals surface area contributed by atoms with Gasteiger partial charge in [-0.25, -0.2) is 0 Å². The standard InChI is InChI=1S/C28H48N6O6S3/c1-14(2)11-16-5-10-39-23-17(12-16)13-30-19(23)25(38)31-18(24-21(36)20(35)22(37)26(40-24)41-4)15(3)42-28-33-32-27(43-28)34-8-6-29-7-9-34/h14-24,26,29-30,35-37H,5-13H2,1-4H3,(H,31,38)/t15-,16-,17-,18+,19-,20+,21?,22+,23+,24+,26?/m0/s1. The molecule has 0 radical (unpaired) electrons. The van der Waals surface area contributed by atoms with Crippen molar-refractivity contribution in [3.05, 3.63) is 0 Å². The van der Waals surface area contributed by atoms with Crippen LogP contribution < -0.4 is 20.9 Å². The molecular formula is C28H48N6O6S3. The van der Waals surface area contributed by atoms with Gasteiger partial charge in [0.1, 0.15) is 35.9 Å². The first kappa shape index (κ1) is 33.6. The smallest absolute Gasteiger partial charge is 0.240 e. The molecule has 43 heavy (non-hydrogen) atoms. The van der Waals surface area contributed by atoms with Crippen molar-refractivity contribution < 1.29 is 29.6 Å². The highest BCUT2D eigenvalue weighted by molar-refractivity contribution is 8.01. The number of ether oxygens (including phenoxy) is 2. The summed E-state index contributed by atoms with van der Waals surface area (Å²) in [5, 5.41) is 51.6. The average molecular weight is 661 g/mol. The SMILES string of the molecule is CSC1O[C@H]([C@H](NC(=O)[C@H]2NC[C@@H]3C[C@H](CC(C)C)CCO[C@H]32)[C@H](C)Sc2nnc(N3CCNCC3)s2)C(O)[C@@H](O)[C@H]1O. The van der Waals surface area contributed by atoms with E-state index < -0.39 is 41.9 Å². The van der Waals surface area contributed by atoms with Crippen LogP contribution in [0.2, 0.25) is 0 Å². The summed E-state index contributed by atoms with van der Waals surface area (Å²) in [6, 6.07) is -1.23. The second-order valence-electron chi connectivity index (χ2n) is 12.6. The third-order valence-electron chi connectivity index (χ3n) is 9.03. The van der Waals surface area contributed by atoms with Crippen molar-refractivity contribution in [1.29, 1.82) is 0 Å². The summed E-state index contributed by atoms with van der Waals surface area (Å²) in [6.45, 7) is 11.3. The molecular weight excluding hydrogens is 613 g/mol. The molecule has 2 unspecified atom stereocenters. The number of piperazine rings is 1. The zero-order valence-electron chi connectivity index (χ0n) is 25.4. The molecule has 0 spiro atoms. The topological polar surface area (TPSA) is 161 Å². The highest BCUT2D eigenvalue weighted by Crippen LogP contribution is 2.37. The highest BCUT2D eigenvalue weighted by Gasteiger charge is 2.50. The number of anilines is 1. The number of thioether (sulfide) groups is 2. The molecule has 15 heteroatoms. The lowest BCUT2D eigenvalue weighted by Crippen LogP contribution is -2.65. The van der Waals surface area contributed by atoms with Gasteiger partial charge < -0.3 is 45.6 Å². The number of rotatable bonds is 10. The predicted octanol–water partition coefficient (Wildman–Crippen LogP) is 0.513. The van der Waals surface area contributed by atoms with E-state index in [1.807, 2.05) is 6.92 Å². The van der Waals surface area contributed by atoms with Gasteiger partial charge in [0.25, 0.3) is 0 Å². The average Bonchev–Trinajstić information content (AvgIpc) is 3.57. The Bertz CT molecular complexity index is 1050. The van der Waals surface area contributed by atoms with E-state index in [9.17, 15) is 20.1 Å². The number of carbonyl (C=O) groups is 1. The van der Waals surface area contributed by atoms with Crippen LogP contribution in [0.15, 0.2) is 4.34 Å². The van der Waals surface area contributed by atoms with Crippen LogP contribution in [0.1, 0.15) is 40.0 Å². The number of nitrogens with one attached hydrogen (secondary N) is 3. The Balaban J connectivity index is 1.32. The van der Waals surface area contributed by atoms with Crippen LogP contribution in [0, 0.1) is 17.8 Å². The van der Waals surface area contributed by atoms with Crippen LogP contribution in [-0.2, 0) is 14.3 Å². The normalized spacial score (nSPS) is 36.7. The number of aliphatic hydroxyl groups excluding tert-OH is 3. The Morgan fingerprint density at radius 3 is 2.65 bits per heavy atom. The number of fused-ring (bicyclic) bond motifs is 1. The molecule has 6 N–H and O–H groups in total. The second kappa shape index (κ2) is 15.2. The fourth-order valence-electron chi connectivity index (χ4n) is 6.82. The lowest BCUT2D eigenvalue weighted by atomic mass is 9.85. The van der Waals surface area contributed by atoms with Gasteiger partial charge >= 0.3 is 0 Å². The molecule has 4 aliphatic heterocycles. The van der Waals surface area contributed by atoms with Gasteiger partial charge in [-0.05, 0) is 43.3 Å². The highest BCUT2D eigenvalue weighted by atomic mass is 32.2. The first-order valence-corrected chi connectivity index (χ1v) is 18.5. The van der Waals surface area contributed by atoms with Crippen molar-refractivity contribution in [3.63, 3.8) is 0 Å². The van der Waals surface area contributed by atoms with Crippen LogP contribution >= 0.6 is 34.9 Å². The van der Waals surface area contributed by atoms with Gasteiger partial charge in [0, 0.05) is 44.6 Å². The Morgan fingerprint density at radius 1 is 1.16 bits per heavy atom. The van der Waals surface area contributed by atoms with E-state index in [1.165, 1.54) is 34.9 Å². The maximum Gasteiger partial charge on any atom is 0.240 e. The molecule has 5 rings (SSSR count). The molecule has 4 saturated heterocycles. The molecule has 244 valence electrons. The fourth-order valence-corrected chi connectivity index (χ4v) is 9.78. The molecule has 1 amide bonds. The molecule has 11 atom stereocenters. The lowest BCUT2D eigenvalue weighted by molar-refractivity contribution is -0.205. The van der Waals surface area contributed by atoms with E-state index in [0.717, 1.165) is 54.9 Å². The van der Waals surface area contributed by atoms with Crippen LogP contribution in [-0.4, -0.2) is 130 Å². The molecule has 0 saturated carbocycles. The fraction of sp³-hybridized carbons (Fsp3) is 0.893. The molecule has 1 aromatic rings. The molecule has 0 bridgehead atoms. The summed E-state index contributed by atoms with van der Waals surface area (Å²) >= 11 is 4.21. The van der Waals surface area contributed by atoms with Crippen molar-refractivity contribution in [2.45, 2.75) is 97.7 Å². The molecule has 4 aliphatic rings. The van der Waals surface area contributed by atoms with Crippen molar-refractivity contribution in [1.82, 2.24) is 26.1 Å². The summed E-state index contributed by atoms with van der Waals surface area (Å²) in [6.07, 6.45) is -0.265. The van der Waals surface area contributed by atoms with Crippen LogP contribution in [0.4, 0.5) is 5.13 Å². The quantitative estimate of drug-likeness (QED) is 0.193. The largest absolute Gasteiger partial charge is 0.388 e. The van der Waals surface area contributed by atoms with Gasteiger partial charge in [-0.1, -0.05) is 43.9 Å². The van der Waals surface area contributed by atoms with E-state index >= 15 is 0 Å². The van der Waals surface area contributed by atoms with E-state index in [2.05, 4.69) is 44.9 Å². The van der Waals surface area contributed by atoms with E-state index in [-0.39, 0.29) is 23.2 Å². The van der Waals surface area contributed by atoms with E-state index in [4.69, 9.17) is 9.47 Å². The summed E-state index contributed by atoms with van der Waals surface area (Å²) in [4.78, 5) is 16.1. The van der Waals surface area contributed by atoms with Crippen molar-refractivity contribution in [2.75, 3.05) is 50.5 Å². The number of aliphatic hydroxyl groups is 3. The Hall–Kier alpha value is -0.750. The first-order chi connectivity index (χ1) is 20.7. The Kier molecular flexibility index (Phi) is 11.9. The predicted molar refractivity (Wildman–Crippen MR) is 170 cm³/mol. The van der Waals surface area contributed by atoms with Crippen molar-refractivity contribution in [2.24, 2.45) is 17.8 Å². The third-order valence-corrected chi connectivity index (χ3v) is 12.2. The summed E-state index contributed by atoms with van der Waals surface area (Å²) in [7, 11) is 0. The van der Waals surface area contributed by atoms with Gasteiger partial charge in [-0.2, -0.15) is 0 Å². The van der Waals surface area contributed by atoms with Gasteiger partial charge in [-0.15, -0.1) is 22.0 Å². The number of carbonyl (C=O) groups excluding carboxylic acids is 1. The number of hydrogen-bond donors (Lipinski definition) is 6. The zero-order valence-corrected chi connectivity index (χ0v) is 27.9. The van der Waals surface area contributed by atoms with Crippen molar-refractivity contribution >= 4 is 45.9 Å². The maximum absolute atomic E-state index is 13.9. The van der Waals surface area contributed by atoms with Gasteiger partial charge in [0.05, 0.1) is 12.1 Å². The molecule has 12 nitrogen and oxygen atoms in total.